The number of benzene rings is 2. The van der Waals surface area contributed by atoms with Crippen LogP contribution in [-0.2, 0) is 11.2 Å². The molecule has 0 fully saturated rings. The van der Waals surface area contributed by atoms with Gasteiger partial charge in [-0.2, -0.15) is 0 Å². The Balaban J connectivity index is 2.08. The molecule has 0 aliphatic carbocycles. The number of amides is 1. The number of hydrogen-bond acceptors (Lipinski definition) is 6. The van der Waals surface area contributed by atoms with Gasteiger partial charge in [0.25, 0.3) is 5.69 Å². The van der Waals surface area contributed by atoms with Gasteiger partial charge in [0.2, 0.25) is 5.91 Å². The maximum absolute atomic E-state index is 12.0. The maximum Gasteiger partial charge on any atom is 0.335 e. The minimum atomic E-state index is -1.13. The summed E-state index contributed by atoms with van der Waals surface area (Å²) < 4.78 is 0. The second-order valence-electron chi connectivity index (χ2n) is 5.16. The molecule has 2 aromatic rings. The quantitative estimate of drug-likeness (QED) is 0.356. The number of nitro benzene ring substituents is 1. The van der Waals surface area contributed by atoms with Crippen LogP contribution in [0.3, 0.4) is 0 Å². The number of phenols is 2. The molecule has 2 aromatic carbocycles. The number of carbonyl (C=O) groups is 2. The summed E-state index contributed by atoms with van der Waals surface area (Å²) in [5.41, 5.74) is -0.0180. The van der Waals surface area contributed by atoms with Crippen molar-refractivity contribution in [2.45, 2.75) is 12.8 Å². The molecule has 0 aliphatic rings. The fourth-order valence-corrected chi connectivity index (χ4v) is 2.18. The van der Waals surface area contributed by atoms with E-state index in [1.807, 2.05) is 0 Å². The molecule has 9 nitrogen and oxygen atoms in total. The summed E-state index contributed by atoms with van der Waals surface area (Å²) in [6.07, 6.45) is -0.184. The third-order valence-electron chi connectivity index (χ3n) is 3.39. The molecule has 9 heteroatoms. The molecule has 0 saturated carbocycles. The number of nitrogens with zero attached hydrogens (tertiary/aromatic N) is 1. The summed E-state index contributed by atoms with van der Waals surface area (Å²) in [4.78, 5) is 33.1. The Morgan fingerprint density at radius 2 is 1.80 bits per heavy atom. The molecule has 0 saturated heterocycles. The first kappa shape index (κ1) is 17.7. The van der Waals surface area contributed by atoms with E-state index in [9.17, 15) is 29.9 Å². The Hall–Kier alpha value is -3.62. The first-order valence-corrected chi connectivity index (χ1v) is 7.10. The van der Waals surface area contributed by atoms with E-state index in [0.717, 1.165) is 12.1 Å². The number of carboxylic acid groups (broad SMARTS) is 1. The molecule has 2 rings (SSSR count). The monoisotopic (exact) mass is 346 g/mol. The van der Waals surface area contributed by atoms with Crippen molar-refractivity contribution in [3.05, 3.63) is 57.6 Å². The third-order valence-corrected chi connectivity index (χ3v) is 3.39. The van der Waals surface area contributed by atoms with Crippen molar-refractivity contribution in [1.82, 2.24) is 0 Å². The molecule has 0 atom stereocenters. The van der Waals surface area contributed by atoms with Crippen molar-refractivity contribution in [3.8, 4) is 11.5 Å². The molecule has 0 spiro atoms. The lowest BCUT2D eigenvalue weighted by molar-refractivity contribution is -0.385. The van der Waals surface area contributed by atoms with Crippen molar-refractivity contribution in [1.29, 1.82) is 0 Å². The van der Waals surface area contributed by atoms with Gasteiger partial charge < -0.3 is 20.6 Å². The van der Waals surface area contributed by atoms with Crippen molar-refractivity contribution >= 4 is 23.3 Å². The van der Waals surface area contributed by atoms with Crippen LogP contribution in [0.1, 0.15) is 22.3 Å². The van der Waals surface area contributed by atoms with Crippen LogP contribution in [-0.4, -0.2) is 32.1 Å². The highest BCUT2D eigenvalue weighted by Crippen LogP contribution is 2.33. The minimum Gasteiger partial charge on any atom is -0.504 e. The Bertz CT molecular complexity index is 848. The van der Waals surface area contributed by atoms with Crippen LogP contribution in [0.15, 0.2) is 36.4 Å². The van der Waals surface area contributed by atoms with Gasteiger partial charge in [-0.25, -0.2) is 4.79 Å². The summed E-state index contributed by atoms with van der Waals surface area (Å²) in [6.45, 7) is 0. The average molecular weight is 346 g/mol. The lowest BCUT2D eigenvalue weighted by atomic mass is 10.1. The lowest BCUT2D eigenvalue weighted by Gasteiger charge is -2.07. The van der Waals surface area contributed by atoms with Gasteiger partial charge in [-0.05, 0) is 30.7 Å². The number of carboxylic acids is 1. The molecule has 0 radical (unpaired) electrons. The second-order valence-corrected chi connectivity index (χ2v) is 5.16. The number of aryl methyl sites for hydroxylation is 1. The van der Waals surface area contributed by atoms with E-state index in [1.165, 1.54) is 24.3 Å². The van der Waals surface area contributed by atoms with Crippen molar-refractivity contribution in [3.63, 3.8) is 0 Å². The molecular formula is C16H14N2O7. The first-order chi connectivity index (χ1) is 11.8. The van der Waals surface area contributed by atoms with Crippen LogP contribution in [0.2, 0.25) is 0 Å². The lowest BCUT2D eigenvalue weighted by Crippen LogP contribution is -2.13. The van der Waals surface area contributed by atoms with Crippen LogP contribution in [0, 0.1) is 10.1 Å². The third kappa shape index (κ3) is 4.44. The van der Waals surface area contributed by atoms with E-state index in [-0.39, 0.29) is 29.7 Å². The number of carbonyl (C=O) groups excluding carboxylic acids is 1. The number of nitro groups is 1. The highest BCUT2D eigenvalue weighted by Gasteiger charge is 2.18. The van der Waals surface area contributed by atoms with Gasteiger partial charge >= 0.3 is 5.97 Å². The summed E-state index contributed by atoms with van der Waals surface area (Å²) in [5.74, 6) is -2.75. The number of aromatic hydroxyl groups is 2. The Morgan fingerprint density at radius 3 is 2.44 bits per heavy atom. The zero-order valence-electron chi connectivity index (χ0n) is 12.8. The van der Waals surface area contributed by atoms with E-state index in [4.69, 9.17) is 5.11 Å². The van der Waals surface area contributed by atoms with E-state index in [2.05, 4.69) is 5.32 Å². The first-order valence-electron chi connectivity index (χ1n) is 7.10. The summed E-state index contributed by atoms with van der Waals surface area (Å²) >= 11 is 0. The second kappa shape index (κ2) is 7.30. The van der Waals surface area contributed by atoms with Gasteiger partial charge in [0.05, 0.1) is 16.6 Å². The fourth-order valence-electron chi connectivity index (χ4n) is 2.18. The summed E-state index contributed by atoms with van der Waals surface area (Å²) in [6, 6.07) is 7.50. The Morgan fingerprint density at radius 1 is 1.12 bits per heavy atom. The molecular weight excluding hydrogens is 332 g/mol. The SMILES string of the molecule is O=C(CCc1cc(O)c(O)cc1[N+](=O)[O-])Nc1cccc(C(=O)O)c1. The minimum absolute atomic E-state index is 0.0110. The van der Waals surface area contributed by atoms with Gasteiger partial charge in [-0.3, -0.25) is 14.9 Å². The summed E-state index contributed by atoms with van der Waals surface area (Å²) in [7, 11) is 0. The largest absolute Gasteiger partial charge is 0.504 e. The van der Waals surface area contributed by atoms with Gasteiger partial charge in [0, 0.05) is 17.7 Å². The number of nitrogens with one attached hydrogen (secondary N) is 1. The molecule has 0 aromatic heterocycles. The highest BCUT2D eigenvalue weighted by molar-refractivity contribution is 5.94. The number of hydrogen-bond donors (Lipinski definition) is 4. The zero-order valence-corrected chi connectivity index (χ0v) is 12.8. The van der Waals surface area contributed by atoms with Gasteiger partial charge in [-0.15, -0.1) is 0 Å². The smallest absolute Gasteiger partial charge is 0.335 e. The van der Waals surface area contributed by atoms with E-state index >= 15 is 0 Å². The van der Waals surface area contributed by atoms with Gasteiger partial charge in [0.15, 0.2) is 11.5 Å². The molecule has 0 heterocycles. The number of rotatable bonds is 6. The average Bonchev–Trinajstić information content (AvgIpc) is 2.55. The van der Waals surface area contributed by atoms with Crippen LogP contribution in [0.4, 0.5) is 11.4 Å². The van der Waals surface area contributed by atoms with Crippen molar-refractivity contribution in [2.24, 2.45) is 0 Å². The molecule has 0 bridgehead atoms. The van der Waals surface area contributed by atoms with E-state index in [0.29, 0.717) is 0 Å². The normalized spacial score (nSPS) is 10.2. The van der Waals surface area contributed by atoms with Crippen molar-refractivity contribution in [2.75, 3.05) is 5.32 Å². The summed E-state index contributed by atoms with van der Waals surface area (Å²) in [5, 5.41) is 41.2. The molecule has 0 aliphatic heterocycles. The van der Waals surface area contributed by atoms with Gasteiger partial charge in [-0.1, -0.05) is 6.07 Å². The molecule has 1 amide bonds. The maximum atomic E-state index is 12.0. The molecule has 130 valence electrons. The van der Waals surface area contributed by atoms with Crippen LogP contribution in [0.25, 0.3) is 0 Å². The van der Waals surface area contributed by atoms with Crippen molar-refractivity contribution < 1.29 is 29.8 Å². The number of phenolic OH excluding ortho intramolecular Hbond substituents is 2. The number of aromatic carboxylic acids is 1. The predicted molar refractivity (Wildman–Crippen MR) is 86.8 cm³/mol. The Kier molecular flexibility index (Phi) is 5.18. The van der Waals surface area contributed by atoms with Crippen LogP contribution >= 0.6 is 0 Å². The Labute approximate surface area is 141 Å². The standard InChI is InChI=1S/C16H14N2O7/c19-13-7-9(12(18(24)25)8-14(13)20)4-5-15(21)17-11-3-1-2-10(6-11)16(22)23/h1-3,6-8,19-20H,4-5H2,(H,17,21)(H,22,23). The number of anilines is 1. The van der Waals surface area contributed by atoms with E-state index in [1.54, 1.807) is 0 Å². The topological polar surface area (TPSA) is 150 Å². The molecule has 25 heavy (non-hydrogen) atoms. The van der Waals surface area contributed by atoms with E-state index < -0.39 is 34.0 Å². The van der Waals surface area contributed by atoms with Crippen LogP contribution in [0.5, 0.6) is 11.5 Å². The highest BCUT2D eigenvalue weighted by atomic mass is 16.6. The molecule has 0 unspecified atom stereocenters. The zero-order chi connectivity index (χ0) is 18.6. The van der Waals surface area contributed by atoms with Crippen LogP contribution < -0.4 is 5.32 Å². The predicted octanol–water partition coefficient (Wildman–Crippen LogP) is 2.28. The fraction of sp³-hybridized carbons (Fsp3) is 0.125. The van der Waals surface area contributed by atoms with Gasteiger partial charge in [0.1, 0.15) is 0 Å². The molecule has 4 N–H and O–H groups in total.